The van der Waals surface area contributed by atoms with E-state index in [9.17, 15) is 20.0 Å². The molecule has 1 unspecified atom stereocenters. The molecule has 9 heteroatoms. The lowest BCUT2D eigenvalue weighted by Crippen LogP contribution is -2.39. The van der Waals surface area contributed by atoms with Gasteiger partial charge in [0, 0.05) is 11.1 Å². The zero-order chi connectivity index (χ0) is 27.4. The van der Waals surface area contributed by atoms with Crippen molar-refractivity contribution in [1.82, 2.24) is 20.4 Å². The molecule has 1 aromatic heterocycles. The Morgan fingerprint density at radius 2 is 1.72 bits per heavy atom. The third kappa shape index (κ3) is 5.05. The number of fused-ring (bicyclic) bond motifs is 1. The first-order valence-corrected chi connectivity index (χ1v) is 12.0. The van der Waals surface area contributed by atoms with E-state index < -0.39 is 11.9 Å². The summed E-state index contributed by atoms with van der Waals surface area (Å²) in [5.41, 5.74) is 7.75. The Balaban J connectivity index is 1.42. The van der Waals surface area contributed by atoms with Crippen molar-refractivity contribution in [1.29, 1.82) is 5.26 Å². The molecule has 1 amide bonds. The van der Waals surface area contributed by atoms with E-state index in [0.717, 1.165) is 5.56 Å². The number of methoxy groups -OCH3 is 1. The maximum absolute atomic E-state index is 13.5. The van der Waals surface area contributed by atoms with E-state index in [1.807, 2.05) is 36.4 Å². The Morgan fingerprint density at radius 1 is 1.00 bits per heavy atom. The van der Waals surface area contributed by atoms with Gasteiger partial charge in [-0.15, -0.1) is 0 Å². The number of hydrogen-bond acceptors (Lipinski definition) is 7. The minimum Gasteiger partial charge on any atom is -0.504 e. The van der Waals surface area contributed by atoms with Crippen LogP contribution < -0.4 is 21.1 Å². The monoisotopic (exact) mass is 517 g/mol. The number of carbonyl (C=O) groups is 1. The van der Waals surface area contributed by atoms with E-state index >= 15 is 0 Å². The Bertz CT molecular complexity index is 1760. The zero-order valence-corrected chi connectivity index (χ0v) is 20.8. The van der Waals surface area contributed by atoms with Gasteiger partial charge >= 0.3 is 0 Å². The number of ether oxygens (including phenoxy) is 1. The first kappa shape index (κ1) is 25.2. The number of amides is 1. The van der Waals surface area contributed by atoms with E-state index in [-0.39, 0.29) is 17.1 Å². The molecule has 0 spiro atoms. The Labute approximate surface area is 223 Å². The smallest absolute Gasteiger partial charge is 0.266 e. The number of phenolic OH excluding ortho intramolecular Hbond substituents is 1. The molecule has 3 N–H and O–H groups in total. The molecule has 0 saturated heterocycles. The molecule has 39 heavy (non-hydrogen) atoms. The summed E-state index contributed by atoms with van der Waals surface area (Å²) in [6.07, 6.45) is 0. The molecule has 0 aliphatic carbocycles. The molecule has 1 atom stereocenters. The number of phenols is 1. The fourth-order valence-corrected chi connectivity index (χ4v) is 4.19. The minimum absolute atomic E-state index is 0.0572. The molecule has 0 aliphatic rings. The van der Waals surface area contributed by atoms with Gasteiger partial charge < -0.3 is 9.84 Å². The van der Waals surface area contributed by atoms with Crippen LogP contribution in [-0.2, 0) is 0 Å². The summed E-state index contributed by atoms with van der Waals surface area (Å²) in [7, 11) is 1.41. The predicted molar refractivity (Wildman–Crippen MR) is 146 cm³/mol. The number of carbonyl (C=O) groups excluding carboxylic acids is 1. The summed E-state index contributed by atoms with van der Waals surface area (Å²) in [5.74, 6) is 0.169. The average molecular weight is 518 g/mol. The Hall–Kier alpha value is -5.46. The van der Waals surface area contributed by atoms with Crippen LogP contribution in [0.4, 0.5) is 0 Å². The van der Waals surface area contributed by atoms with Crippen LogP contribution in [0.1, 0.15) is 22.0 Å². The van der Waals surface area contributed by atoms with E-state index in [2.05, 4.69) is 16.9 Å². The van der Waals surface area contributed by atoms with Gasteiger partial charge in [-0.05, 0) is 54.1 Å². The van der Waals surface area contributed by atoms with Gasteiger partial charge in [-0.2, -0.15) is 5.26 Å². The Kier molecular flexibility index (Phi) is 7.03. The second kappa shape index (κ2) is 10.9. The number of aromatic nitrogens is 2. The Morgan fingerprint density at radius 3 is 2.44 bits per heavy atom. The molecule has 0 fully saturated rings. The molecule has 4 aromatic carbocycles. The summed E-state index contributed by atoms with van der Waals surface area (Å²) >= 11 is 0. The van der Waals surface area contributed by atoms with Gasteiger partial charge in [-0.1, -0.05) is 48.5 Å². The number of nitrogens with zero attached hydrogens (tertiary/aromatic N) is 3. The van der Waals surface area contributed by atoms with Crippen LogP contribution in [0.2, 0.25) is 0 Å². The van der Waals surface area contributed by atoms with E-state index in [1.165, 1.54) is 23.8 Å². The van der Waals surface area contributed by atoms with Crippen LogP contribution in [0.3, 0.4) is 0 Å². The lowest BCUT2D eigenvalue weighted by atomic mass is 10.1. The third-order valence-electron chi connectivity index (χ3n) is 6.19. The average Bonchev–Trinajstić information content (AvgIpc) is 2.98. The molecule has 9 nitrogen and oxygen atoms in total. The van der Waals surface area contributed by atoms with Gasteiger partial charge in [0.2, 0.25) is 0 Å². The molecular formula is C30H23N5O4. The maximum atomic E-state index is 13.5. The van der Waals surface area contributed by atoms with Crippen molar-refractivity contribution >= 4 is 16.8 Å². The van der Waals surface area contributed by atoms with Crippen molar-refractivity contribution < 1.29 is 14.6 Å². The van der Waals surface area contributed by atoms with Crippen molar-refractivity contribution in [2.24, 2.45) is 0 Å². The number of benzene rings is 4. The molecule has 0 aliphatic heterocycles. The highest BCUT2D eigenvalue weighted by Gasteiger charge is 2.17. The fourth-order valence-electron chi connectivity index (χ4n) is 4.19. The lowest BCUT2D eigenvalue weighted by molar-refractivity contribution is 0.0929. The highest BCUT2D eigenvalue weighted by atomic mass is 16.5. The van der Waals surface area contributed by atoms with Crippen LogP contribution in [0.15, 0.2) is 102 Å². The second-order valence-electron chi connectivity index (χ2n) is 8.60. The lowest BCUT2D eigenvalue weighted by Gasteiger charge is -2.16. The van der Waals surface area contributed by atoms with E-state index in [4.69, 9.17) is 9.72 Å². The molecular weight excluding hydrogens is 494 g/mol. The van der Waals surface area contributed by atoms with Gasteiger partial charge in [0.05, 0.1) is 29.8 Å². The van der Waals surface area contributed by atoms with Crippen molar-refractivity contribution in [2.75, 3.05) is 7.11 Å². The number of hydrogen-bond donors (Lipinski definition) is 3. The largest absolute Gasteiger partial charge is 0.504 e. The SMILES string of the molecule is COc1cc(C(C#N)NNC(=O)c2ccc(-n3c(-c4ccccc4)nc4ccccc4c3=O)cc2)ccc1O. The number of hydrazine groups is 1. The van der Waals surface area contributed by atoms with Crippen molar-refractivity contribution in [2.45, 2.75) is 6.04 Å². The molecule has 1 heterocycles. The van der Waals surface area contributed by atoms with Gasteiger partial charge in [0.25, 0.3) is 11.5 Å². The fraction of sp³-hybridized carbons (Fsp3) is 0.0667. The van der Waals surface area contributed by atoms with Crippen LogP contribution in [0.5, 0.6) is 11.5 Å². The number of para-hydroxylation sites is 1. The minimum atomic E-state index is -0.890. The number of nitrogens with one attached hydrogen (secondary N) is 2. The number of aromatic hydroxyl groups is 1. The van der Waals surface area contributed by atoms with Gasteiger partial charge in [0.15, 0.2) is 11.5 Å². The third-order valence-corrected chi connectivity index (χ3v) is 6.19. The molecule has 5 rings (SSSR count). The summed E-state index contributed by atoms with van der Waals surface area (Å²) in [6.45, 7) is 0. The maximum Gasteiger partial charge on any atom is 0.266 e. The second-order valence-corrected chi connectivity index (χ2v) is 8.60. The first-order chi connectivity index (χ1) is 19.0. The van der Waals surface area contributed by atoms with Crippen molar-refractivity contribution in [3.63, 3.8) is 0 Å². The van der Waals surface area contributed by atoms with E-state index in [0.29, 0.717) is 33.5 Å². The molecule has 0 saturated carbocycles. The number of rotatable bonds is 7. The topological polar surface area (TPSA) is 129 Å². The quantitative estimate of drug-likeness (QED) is 0.275. The van der Waals surface area contributed by atoms with Gasteiger partial charge in [0.1, 0.15) is 11.9 Å². The van der Waals surface area contributed by atoms with Crippen LogP contribution in [-0.4, -0.2) is 27.7 Å². The highest BCUT2D eigenvalue weighted by Crippen LogP contribution is 2.28. The van der Waals surface area contributed by atoms with E-state index in [1.54, 1.807) is 48.5 Å². The normalized spacial score (nSPS) is 11.5. The summed E-state index contributed by atoms with van der Waals surface area (Å²) in [6, 6.07) is 28.8. The molecule has 192 valence electrons. The molecule has 0 radical (unpaired) electrons. The summed E-state index contributed by atoms with van der Waals surface area (Å²) in [5, 5.41) is 19.8. The van der Waals surface area contributed by atoms with Gasteiger partial charge in [-0.25, -0.2) is 10.4 Å². The standard InChI is InChI=1S/C30H23N5O4/c1-39-27-17-21(13-16-26(27)36)25(18-31)33-34-29(37)20-11-14-22(15-12-20)35-28(19-7-3-2-4-8-19)32-24-10-6-5-9-23(24)30(35)38/h2-17,25,33,36H,1H3,(H,34,37). The van der Waals surface area contributed by atoms with Crippen LogP contribution in [0, 0.1) is 11.3 Å². The van der Waals surface area contributed by atoms with Crippen molar-refractivity contribution in [3.05, 3.63) is 119 Å². The molecule has 0 bridgehead atoms. The zero-order valence-electron chi connectivity index (χ0n) is 20.8. The predicted octanol–water partition coefficient (Wildman–Crippen LogP) is 4.27. The van der Waals surface area contributed by atoms with Crippen LogP contribution >= 0.6 is 0 Å². The highest BCUT2D eigenvalue weighted by molar-refractivity contribution is 5.94. The summed E-state index contributed by atoms with van der Waals surface area (Å²) in [4.78, 5) is 31.1. The molecule has 5 aromatic rings. The summed E-state index contributed by atoms with van der Waals surface area (Å²) < 4.78 is 6.62. The van der Waals surface area contributed by atoms with Crippen LogP contribution in [0.25, 0.3) is 28.0 Å². The van der Waals surface area contributed by atoms with Gasteiger partial charge in [-0.3, -0.25) is 19.6 Å². The van der Waals surface area contributed by atoms with Crippen molar-refractivity contribution in [3.8, 4) is 34.6 Å². The first-order valence-electron chi connectivity index (χ1n) is 12.0. The number of nitriles is 1.